The lowest BCUT2D eigenvalue weighted by molar-refractivity contribution is 0.0690. The summed E-state index contributed by atoms with van der Waals surface area (Å²) in [4.78, 5) is 0. The molecule has 4 rings (SSSR count). The van der Waals surface area contributed by atoms with Gasteiger partial charge in [0.05, 0.1) is 10.9 Å². The number of hydrogen-bond donors (Lipinski definition) is 1. The van der Waals surface area contributed by atoms with Gasteiger partial charge in [0.15, 0.2) is 9.84 Å². The highest BCUT2D eigenvalue weighted by Gasteiger charge is 2.56. The lowest BCUT2D eigenvalue weighted by Gasteiger charge is -2.23. The molecular weight excluding hydrogens is 380 g/mol. The van der Waals surface area contributed by atoms with Gasteiger partial charge in [0.25, 0.3) is 0 Å². The minimum absolute atomic E-state index is 0.243. The number of benzene rings is 2. The third-order valence-electron chi connectivity index (χ3n) is 5.69. The molecule has 0 unspecified atom stereocenters. The molecule has 4 atom stereocenters. The van der Waals surface area contributed by atoms with Crippen molar-refractivity contribution in [2.75, 3.05) is 0 Å². The van der Waals surface area contributed by atoms with E-state index >= 15 is 0 Å². The van der Waals surface area contributed by atoms with E-state index in [1.54, 1.807) is 12.2 Å². The molecule has 148 valence electrons. The summed E-state index contributed by atoms with van der Waals surface area (Å²) in [6.45, 7) is 0. The number of fused-ring (bicyclic) bond motifs is 1. The monoisotopic (exact) mass is 404 g/mol. The van der Waals surface area contributed by atoms with Crippen LogP contribution in [0.1, 0.15) is 17.5 Å². The van der Waals surface area contributed by atoms with Crippen LogP contribution in [-0.2, 0) is 9.84 Å². The second-order valence-electron chi connectivity index (χ2n) is 7.67. The Morgan fingerprint density at radius 2 is 1.52 bits per heavy atom. The van der Waals surface area contributed by atoms with Gasteiger partial charge in [-0.1, -0.05) is 103 Å². The lowest BCUT2D eigenvalue weighted by atomic mass is 9.90. The van der Waals surface area contributed by atoms with E-state index in [1.807, 2.05) is 91.0 Å². The molecular formula is C25H24O3S. The zero-order valence-electron chi connectivity index (χ0n) is 16.0. The zero-order valence-corrected chi connectivity index (χ0v) is 16.8. The highest BCUT2D eigenvalue weighted by molar-refractivity contribution is 7.95. The molecule has 0 radical (unpaired) electrons. The molecule has 2 aromatic carbocycles. The third-order valence-corrected chi connectivity index (χ3v) is 7.63. The Balaban J connectivity index is 1.56. The van der Waals surface area contributed by atoms with Crippen molar-refractivity contribution < 1.29 is 13.5 Å². The van der Waals surface area contributed by atoms with Gasteiger partial charge in [0, 0.05) is 11.3 Å². The Morgan fingerprint density at radius 1 is 0.897 bits per heavy atom. The van der Waals surface area contributed by atoms with Crippen LogP contribution in [0.25, 0.3) is 12.2 Å². The number of sulfone groups is 1. The average Bonchev–Trinajstić information content (AvgIpc) is 3.21. The molecule has 0 spiro atoms. The van der Waals surface area contributed by atoms with Gasteiger partial charge in [0.1, 0.15) is 0 Å². The van der Waals surface area contributed by atoms with Gasteiger partial charge < -0.3 is 5.11 Å². The summed E-state index contributed by atoms with van der Waals surface area (Å²) in [7, 11) is -3.37. The van der Waals surface area contributed by atoms with E-state index in [0.717, 1.165) is 11.1 Å². The zero-order chi connectivity index (χ0) is 20.3. The third kappa shape index (κ3) is 4.19. The van der Waals surface area contributed by atoms with Crippen LogP contribution in [0, 0.1) is 11.8 Å². The number of aliphatic hydroxyl groups is 1. The smallest absolute Gasteiger partial charge is 0.175 e. The van der Waals surface area contributed by atoms with Crippen LogP contribution in [0.4, 0.5) is 0 Å². The molecule has 3 nitrogen and oxygen atoms in total. The van der Waals surface area contributed by atoms with Gasteiger partial charge in [-0.05, 0) is 23.5 Å². The van der Waals surface area contributed by atoms with E-state index in [4.69, 9.17) is 0 Å². The molecule has 4 heteroatoms. The molecule has 29 heavy (non-hydrogen) atoms. The van der Waals surface area contributed by atoms with Gasteiger partial charge in [0.2, 0.25) is 0 Å². The van der Waals surface area contributed by atoms with Gasteiger partial charge >= 0.3 is 0 Å². The van der Waals surface area contributed by atoms with Crippen LogP contribution in [0.5, 0.6) is 0 Å². The molecule has 1 saturated carbocycles. The summed E-state index contributed by atoms with van der Waals surface area (Å²) in [6.07, 6.45) is 13.3. The van der Waals surface area contributed by atoms with Crippen molar-refractivity contribution in [2.24, 2.45) is 11.8 Å². The molecule has 1 heterocycles. The second kappa shape index (κ2) is 7.97. The van der Waals surface area contributed by atoms with E-state index < -0.39 is 26.6 Å². The van der Waals surface area contributed by atoms with E-state index in [9.17, 15) is 13.5 Å². The van der Waals surface area contributed by atoms with E-state index in [1.165, 1.54) is 5.41 Å². The van der Waals surface area contributed by atoms with Gasteiger partial charge in [-0.3, -0.25) is 0 Å². The Labute approximate surface area is 172 Å². The minimum atomic E-state index is -3.37. The fraction of sp³-hybridized carbons (Fsp3) is 0.200. The maximum Gasteiger partial charge on any atom is 0.175 e. The molecule has 0 bridgehead atoms. The maximum atomic E-state index is 12.6. The predicted octanol–water partition coefficient (Wildman–Crippen LogP) is 4.65. The lowest BCUT2D eigenvalue weighted by Crippen LogP contribution is -2.33. The fourth-order valence-electron chi connectivity index (χ4n) is 4.30. The van der Waals surface area contributed by atoms with Crippen molar-refractivity contribution in [1.29, 1.82) is 0 Å². The highest BCUT2D eigenvalue weighted by atomic mass is 32.2. The Bertz CT molecular complexity index is 1070. The quantitative estimate of drug-likeness (QED) is 0.738. The first-order chi connectivity index (χ1) is 14.0. The van der Waals surface area contributed by atoms with Crippen LogP contribution < -0.4 is 0 Å². The van der Waals surface area contributed by atoms with E-state index in [0.29, 0.717) is 6.42 Å². The molecule has 1 aliphatic carbocycles. The fourth-order valence-corrected chi connectivity index (χ4v) is 6.28. The molecule has 2 aliphatic rings. The summed E-state index contributed by atoms with van der Waals surface area (Å²) >= 11 is 0. The van der Waals surface area contributed by atoms with Crippen molar-refractivity contribution in [2.45, 2.75) is 17.3 Å². The Morgan fingerprint density at radius 3 is 2.17 bits per heavy atom. The number of allylic oxidation sites excluding steroid dienone is 3. The molecule has 0 saturated heterocycles. The molecule has 0 aromatic heterocycles. The van der Waals surface area contributed by atoms with Crippen LogP contribution in [0.15, 0.2) is 96.5 Å². The van der Waals surface area contributed by atoms with E-state index in [2.05, 4.69) is 0 Å². The maximum absolute atomic E-state index is 12.6. The first-order valence-electron chi connectivity index (χ1n) is 9.77. The summed E-state index contributed by atoms with van der Waals surface area (Å²) in [5.74, 6) is -0.674. The van der Waals surface area contributed by atoms with Crippen molar-refractivity contribution >= 4 is 22.0 Å². The minimum Gasteiger partial charge on any atom is -0.385 e. The largest absolute Gasteiger partial charge is 0.385 e. The predicted molar refractivity (Wildman–Crippen MR) is 118 cm³/mol. The first kappa shape index (κ1) is 19.6. The van der Waals surface area contributed by atoms with Crippen molar-refractivity contribution in [3.05, 3.63) is 108 Å². The highest BCUT2D eigenvalue weighted by Crippen LogP contribution is 2.49. The van der Waals surface area contributed by atoms with Gasteiger partial charge in [-0.25, -0.2) is 8.42 Å². The summed E-state index contributed by atoms with van der Waals surface area (Å²) in [5, 5.41) is 11.9. The summed E-state index contributed by atoms with van der Waals surface area (Å²) < 4.78 is 25.2. The molecule has 1 aliphatic heterocycles. The second-order valence-corrected chi connectivity index (χ2v) is 9.66. The van der Waals surface area contributed by atoms with Crippen molar-refractivity contribution in [3.63, 3.8) is 0 Å². The summed E-state index contributed by atoms with van der Waals surface area (Å²) in [5.41, 5.74) is 0.905. The molecule has 2 aromatic rings. The topological polar surface area (TPSA) is 54.4 Å². The molecule has 1 fully saturated rings. The normalized spacial score (nSPS) is 30.6. The Kier molecular flexibility index (Phi) is 5.39. The van der Waals surface area contributed by atoms with Crippen LogP contribution in [-0.4, -0.2) is 24.4 Å². The van der Waals surface area contributed by atoms with Gasteiger partial charge in [-0.2, -0.15) is 0 Å². The first-order valence-corrected chi connectivity index (χ1v) is 11.4. The molecule has 1 N–H and O–H groups in total. The van der Waals surface area contributed by atoms with E-state index in [-0.39, 0.29) is 5.92 Å². The van der Waals surface area contributed by atoms with Crippen LogP contribution in [0.2, 0.25) is 0 Å². The van der Waals surface area contributed by atoms with Crippen molar-refractivity contribution in [3.8, 4) is 0 Å². The number of rotatable bonds is 5. The van der Waals surface area contributed by atoms with Gasteiger partial charge in [-0.15, -0.1) is 0 Å². The van der Waals surface area contributed by atoms with Crippen LogP contribution in [0.3, 0.4) is 0 Å². The Hall–Kier alpha value is -2.69. The summed E-state index contributed by atoms with van der Waals surface area (Å²) in [6, 6.07) is 19.7. The SMILES string of the molecule is O=S1(=O)C=C[C@H]2[C@@H]1[C@H](/C=C/c1ccccc1)C[C@]2(O)/C=C/C=C/c1ccccc1. The number of hydrogen-bond acceptors (Lipinski definition) is 3. The van der Waals surface area contributed by atoms with Crippen LogP contribution >= 0.6 is 0 Å². The standard InChI is InChI=1S/C25H24O3S/c26-25(17-8-7-13-20-9-3-1-4-10-20)19-22(15-14-21-11-5-2-6-12-21)24-23(25)16-18-29(24,27)28/h1-18,22-24,26H,19H2/b13-7+,15-14+,17-8+/t22-,23+,24+,25-/m1/s1. The molecule has 0 amide bonds. The van der Waals surface area contributed by atoms with Crippen molar-refractivity contribution in [1.82, 2.24) is 0 Å². The average molecular weight is 405 g/mol.